The molecule has 0 unspecified atom stereocenters. The lowest BCUT2D eigenvalue weighted by atomic mass is 10.0. The first-order valence-corrected chi connectivity index (χ1v) is 5.13. The Bertz CT molecular complexity index is 650. The van der Waals surface area contributed by atoms with Crippen molar-refractivity contribution < 1.29 is 19.0 Å². The fourth-order valence-electron chi connectivity index (χ4n) is 1.64. The van der Waals surface area contributed by atoms with Crippen molar-refractivity contribution in [2.75, 3.05) is 12.8 Å². The van der Waals surface area contributed by atoms with E-state index < -0.39 is 10.9 Å². The molecule has 0 aliphatic rings. The molecule has 0 bridgehead atoms. The predicted molar refractivity (Wildman–Crippen MR) is 64.3 cm³/mol. The van der Waals surface area contributed by atoms with Crippen LogP contribution >= 0.6 is 0 Å². The average Bonchev–Trinajstić information content (AvgIpc) is 2.83. The van der Waals surface area contributed by atoms with E-state index in [1.165, 1.54) is 31.4 Å². The molecule has 1 aromatic carbocycles. The minimum Gasteiger partial charge on any atom is -0.465 e. The van der Waals surface area contributed by atoms with E-state index in [-0.39, 0.29) is 28.4 Å². The van der Waals surface area contributed by atoms with Gasteiger partial charge >= 0.3 is 5.97 Å². The number of nitro groups is 1. The zero-order chi connectivity index (χ0) is 14.0. The highest BCUT2D eigenvalue weighted by molar-refractivity contribution is 5.99. The molecule has 2 aromatic rings. The van der Waals surface area contributed by atoms with Gasteiger partial charge in [0.25, 0.3) is 5.69 Å². The van der Waals surface area contributed by atoms with Crippen LogP contribution in [0.2, 0.25) is 0 Å². The number of hydrogen-bond donors (Lipinski definition) is 1. The number of esters is 1. The average molecular weight is 263 g/mol. The van der Waals surface area contributed by atoms with Crippen LogP contribution in [-0.2, 0) is 4.74 Å². The summed E-state index contributed by atoms with van der Waals surface area (Å²) < 4.78 is 9.47. The first-order chi connectivity index (χ1) is 9.04. The van der Waals surface area contributed by atoms with Crippen LogP contribution in [-0.4, -0.2) is 23.2 Å². The molecule has 0 saturated heterocycles. The summed E-state index contributed by atoms with van der Waals surface area (Å²) in [6.07, 6.45) is 0. The van der Waals surface area contributed by atoms with Gasteiger partial charge in [-0.15, -0.1) is 0 Å². The molecule has 0 saturated carbocycles. The van der Waals surface area contributed by atoms with Crippen LogP contribution in [0.5, 0.6) is 0 Å². The molecule has 0 atom stereocenters. The molecule has 1 heterocycles. The first kappa shape index (κ1) is 12.6. The van der Waals surface area contributed by atoms with Crippen LogP contribution in [0.3, 0.4) is 0 Å². The Kier molecular flexibility index (Phi) is 3.15. The van der Waals surface area contributed by atoms with Gasteiger partial charge in [-0.3, -0.25) is 10.1 Å². The minimum absolute atomic E-state index is 0.00727. The van der Waals surface area contributed by atoms with E-state index in [1.807, 2.05) is 0 Å². The Hall–Kier alpha value is -2.90. The van der Waals surface area contributed by atoms with E-state index >= 15 is 0 Å². The topological polar surface area (TPSA) is 121 Å². The lowest BCUT2D eigenvalue weighted by Crippen LogP contribution is -2.05. The molecule has 1 aromatic heterocycles. The summed E-state index contributed by atoms with van der Waals surface area (Å²) in [5.41, 5.74) is 5.11. The van der Waals surface area contributed by atoms with Gasteiger partial charge in [-0.05, 0) is 6.07 Å². The van der Waals surface area contributed by atoms with Crippen LogP contribution in [0.25, 0.3) is 11.3 Å². The van der Waals surface area contributed by atoms with Gasteiger partial charge in [0.05, 0.1) is 17.6 Å². The maximum atomic E-state index is 11.7. The Balaban J connectivity index is 2.73. The second-order valence-corrected chi connectivity index (χ2v) is 3.56. The molecule has 0 spiro atoms. The molecule has 0 radical (unpaired) electrons. The van der Waals surface area contributed by atoms with Gasteiger partial charge in [-0.25, -0.2) is 4.79 Å². The van der Waals surface area contributed by atoms with E-state index in [9.17, 15) is 14.9 Å². The van der Waals surface area contributed by atoms with Crippen molar-refractivity contribution in [1.82, 2.24) is 5.16 Å². The summed E-state index contributed by atoms with van der Waals surface area (Å²) in [6.45, 7) is 0. The Labute approximate surface area is 106 Å². The number of carbonyl (C=O) groups excluding carboxylic acids is 1. The number of ether oxygens (including phenoxy) is 1. The Morgan fingerprint density at radius 3 is 2.79 bits per heavy atom. The van der Waals surface area contributed by atoms with Gasteiger partial charge in [0.15, 0.2) is 11.6 Å². The summed E-state index contributed by atoms with van der Waals surface area (Å²) in [4.78, 5) is 22.1. The zero-order valence-electron chi connectivity index (χ0n) is 9.82. The van der Waals surface area contributed by atoms with Gasteiger partial charge in [0, 0.05) is 12.1 Å². The van der Waals surface area contributed by atoms with Crippen LogP contribution in [0.1, 0.15) is 10.4 Å². The minimum atomic E-state index is -0.714. The fraction of sp³-hybridized carbons (Fsp3) is 0.0909. The molecule has 0 fully saturated rings. The lowest BCUT2D eigenvalue weighted by Gasteiger charge is -2.05. The Morgan fingerprint density at radius 2 is 2.26 bits per heavy atom. The van der Waals surface area contributed by atoms with Crippen molar-refractivity contribution in [3.63, 3.8) is 0 Å². The number of nitro benzene ring substituents is 1. The third-order valence-electron chi connectivity index (χ3n) is 2.42. The second kappa shape index (κ2) is 4.77. The molecule has 19 heavy (non-hydrogen) atoms. The number of nitrogen functional groups attached to an aromatic ring is 1. The van der Waals surface area contributed by atoms with Crippen molar-refractivity contribution in [1.29, 1.82) is 0 Å². The fourth-order valence-corrected chi connectivity index (χ4v) is 1.64. The van der Waals surface area contributed by atoms with Gasteiger partial charge < -0.3 is 15.0 Å². The number of carbonyl (C=O) groups is 1. The van der Waals surface area contributed by atoms with E-state index in [4.69, 9.17) is 10.3 Å². The summed E-state index contributed by atoms with van der Waals surface area (Å²) in [5.74, 6) is -0.622. The predicted octanol–water partition coefficient (Wildman–Crippen LogP) is 1.62. The maximum Gasteiger partial charge on any atom is 0.338 e. The molecular formula is C11H9N3O5. The smallest absolute Gasteiger partial charge is 0.338 e. The van der Waals surface area contributed by atoms with Gasteiger partial charge in [0.1, 0.15) is 5.56 Å². The zero-order valence-corrected chi connectivity index (χ0v) is 9.82. The normalized spacial score (nSPS) is 10.2. The molecule has 0 aliphatic carbocycles. The summed E-state index contributed by atoms with van der Waals surface area (Å²) in [7, 11) is 1.18. The van der Waals surface area contributed by atoms with E-state index in [2.05, 4.69) is 9.89 Å². The third kappa shape index (κ3) is 2.23. The SMILES string of the molecule is COC(=O)c1cccc([N+](=O)[O-])c1-c1cc(N)no1. The Morgan fingerprint density at radius 1 is 1.53 bits per heavy atom. The van der Waals surface area contributed by atoms with Crippen LogP contribution < -0.4 is 5.73 Å². The summed E-state index contributed by atoms with van der Waals surface area (Å²) >= 11 is 0. The highest BCUT2D eigenvalue weighted by Gasteiger charge is 2.26. The van der Waals surface area contributed by atoms with Crippen LogP contribution in [0.15, 0.2) is 28.8 Å². The number of aromatic nitrogens is 1. The standard InChI is InChI=1S/C11H9N3O5/c1-18-11(15)6-3-2-4-7(14(16)17)10(6)8-5-9(12)13-19-8/h2-5H,1H3,(H2,12,13). The molecule has 98 valence electrons. The van der Waals surface area contributed by atoms with Gasteiger partial charge in [0.2, 0.25) is 0 Å². The molecule has 8 nitrogen and oxygen atoms in total. The third-order valence-corrected chi connectivity index (χ3v) is 2.42. The number of benzene rings is 1. The monoisotopic (exact) mass is 263 g/mol. The number of rotatable bonds is 3. The van der Waals surface area contributed by atoms with Crippen LogP contribution in [0.4, 0.5) is 11.5 Å². The molecule has 2 N–H and O–H groups in total. The molecule has 0 aliphatic heterocycles. The van der Waals surface area contributed by atoms with Crippen molar-refractivity contribution in [3.8, 4) is 11.3 Å². The molecule has 8 heteroatoms. The van der Waals surface area contributed by atoms with Gasteiger partial charge in [-0.2, -0.15) is 0 Å². The highest BCUT2D eigenvalue weighted by atomic mass is 16.6. The van der Waals surface area contributed by atoms with Crippen molar-refractivity contribution in [2.24, 2.45) is 0 Å². The van der Waals surface area contributed by atoms with Gasteiger partial charge in [-0.1, -0.05) is 11.2 Å². The first-order valence-electron chi connectivity index (χ1n) is 5.13. The number of nitrogens with zero attached hydrogens (tertiary/aromatic N) is 2. The van der Waals surface area contributed by atoms with Crippen LogP contribution in [0, 0.1) is 10.1 Å². The van der Waals surface area contributed by atoms with E-state index in [0.29, 0.717) is 0 Å². The maximum absolute atomic E-state index is 11.7. The van der Waals surface area contributed by atoms with E-state index in [0.717, 1.165) is 0 Å². The number of methoxy groups -OCH3 is 1. The molecule has 2 rings (SSSR count). The summed E-state index contributed by atoms with van der Waals surface area (Å²) in [6, 6.07) is 5.33. The summed E-state index contributed by atoms with van der Waals surface area (Å²) in [5, 5.41) is 14.5. The highest BCUT2D eigenvalue weighted by Crippen LogP contribution is 2.34. The quantitative estimate of drug-likeness (QED) is 0.507. The van der Waals surface area contributed by atoms with Crippen molar-refractivity contribution in [2.45, 2.75) is 0 Å². The lowest BCUT2D eigenvalue weighted by molar-refractivity contribution is -0.384. The van der Waals surface area contributed by atoms with E-state index in [1.54, 1.807) is 0 Å². The second-order valence-electron chi connectivity index (χ2n) is 3.56. The molecular weight excluding hydrogens is 254 g/mol. The number of nitrogens with two attached hydrogens (primary N) is 1. The number of anilines is 1. The van der Waals surface area contributed by atoms with Crippen molar-refractivity contribution in [3.05, 3.63) is 39.9 Å². The molecule has 0 amide bonds. The number of hydrogen-bond acceptors (Lipinski definition) is 7. The largest absolute Gasteiger partial charge is 0.465 e. The van der Waals surface area contributed by atoms with Crippen molar-refractivity contribution >= 4 is 17.5 Å².